The van der Waals surface area contributed by atoms with Crippen molar-refractivity contribution in [1.29, 1.82) is 0 Å². The molecule has 3 aromatic carbocycles. The Balaban J connectivity index is 1.65. The summed E-state index contributed by atoms with van der Waals surface area (Å²) in [6.45, 7) is 3.51. The van der Waals surface area contributed by atoms with E-state index in [1.165, 1.54) is 24.3 Å². The number of amides is 1. The monoisotopic (exact) mass is 498 g/mol. The van der Waals surface area contributed by atoms with Gasteiger partial charge >= 0.3 is 0 Å². The number of hydrogen-bond acceptors (Lipinski definition) is 5. The lowest BCUT2D eigenvalue weighted by molar-refractivity contribution is 0.0785. The maximum atomic E-state index is 13.2. The highest BCUT2D eigenvalue weighted by Crippen LogP contribution is 2.30. The fraction of sp³-hybridized carbons (Fsp3) is 0.240. The van der Waals surface area contributed by atoms with Gasteiger partial charge in [-0.1, -0.05) is 41.9 Å². The number of nitrogens with one attached hydrogen (secondary N) is 2. The third kappa shape index (κ3) is 5.70. The second kappa shape index (κ2) is 10.5. The normalized spacial score (nSPS) is 14.0. The van der Waals surface area contributed by atoms with E-state index in [4.69, 9.17) is 11.6 Å². The first-order chi connectivity index (χ1) is 16.3. The van der Waals surface area contributed by atoms with Crippen molar-refractivity contribution in [3.8, 4) is 0 Å². The van der Waals surface area contributed by atoms with Gasteiger partial charge in [0.1, 0.15) is 0 Å². The van der Waals surface area contributed by atoms with Crippen molar-refractivity contribution in [2.75, 3.05) is 42.8 Å². The molecule has 0 atom stereocenters. The molecule has 0 aliphatic carbocycles. The number of carbonyl (C=O) groups excluding carboxylic acids is 1. The molecule has 0 spiro atoms. The fourth-order valence-electron chi connectivity index (χ4n) is 3.90. The molecule has 2 N–H and O–H groups in total. The number of carbonyl (C=O) groups is 1. The van der Waals surface area contributed by atoms with Crippen LogP contribution < -0.4 is 14.9 Å². The number of piperazine rings is 1. The second-order valence-corrected chi connectivity index (χ2v) is 10.3. The Morgan fingerprint density at radius 1 is 1.03 bits per heavy atom. The Morgan fingerprint density at radius 2 is 1.71 bits per heavy atom. The third-order valence-electron chi connectivity index (χ3n) is 5.68. The van der Waals surface area contributed by atoms with Crippen LogP contribution in [0.1, 0.15) is 15.9 Å². The summed E-state index contributed by atoms with van der Waals surface area (Å²) < 4.78 is 28.9. The molecule has 1 aliphatic heterocycles. The highest BCUT2D eigenvalue weighted by Gasteiger charge is 2.22. The Kier molecular flexibility index (Phi) is 7.41. The average molecular weight is 499 g/mol. The SMILES string of the molecule is CN(Cc1ccccc1)C(=O)c1ccc(N2CCNCC2)c(NS(=O)(=O)c2ccc(Cl)cc2)c1. The van der Waals surface area contributed by atoms with Gasteiger partial charge in [0.05, 0.1) is 16.3 Å². The zero-order chi connectivity index (χ0) is 24.1. The number of benzene rings is 3. The summed E-state index contributed by atoms with van der Waals surface area (Å²) in [5.74, 6) is -0.192. The molecule has 0 radical (unpaired) electrons. The van der Waals surface area contributed by atoms with Gasteiger partial charge < -0.3 is 15.1 Å². The number of halogens is 1. The van der Waals surface area contributed by atoms with Gasteiger partial charge in [0.15, 0.2) is 0 Å². The molecule has 1 aliphatic rings. The number of anilines is 2. The molecule has 1 amide bonds. The molecule has 7 nitrogen and oxygen atoms in total. The van der Waals surface area contributed by atoms with Crippen molar-refractivity contribution >= 4 is 38.9 Å². The Morgan fingerprint density at radius 3 is 2.38 bits per heavy atom. The first-order valence-corrected chi connectivity index (χ1v) is 12.9. The van der Waals surface area contributed by atoms with Crippen molar-refractivity contribution in [2.24, 2.45) is 0 Å². The number of sulfonamides is 1. The molecule has 34 heavy (non-hydrogen) atoms. The molecule has 1 saturated heterocycles. The van der Waals surface area contributed by atoms with Gasteiger partial charge in [0.25, 0.3) is 15.9 Å². The Bertz CT molecular complexity index is 1240. The van der Waals surface area contributed by atoms with E-state index in [0.717, 1.165) is 37.4 Å². The van der Waals surface area contributed by atoms with Crippen molar-refractivity contribution in [1.82, 2.24) is 10.2 Å². The van der Waals surface area contributed by atoms with E-state index in [2.05, 4.69) is 14.9 Å². The molecule has 178 valence electrons. The van der Waals surface area contributed by atoms with Crippen LogP contribution in [0.2, 0.25) is 5.02 Å². The fourth-order valence-corrected chi connectivity index (χ4v) is 5.09. The van der Waals surface area contributed by atoms with Gasteiger partial charge in [-0.05, 0) is 48.0 Å². The lowest BCUT2D eigenvalue weighted by Crippen LogP contribution is -2.43. The van der Waals surface area contributed by atoms with E-state index in [1.807, 2.05) is 36.4 Å². The molecule has 0 saturated carbocycles. The first-order valence-electron chi connectivity index (χ1n) is 11.0. The van der Waals surface area contributed by atoms with Crippen LogP contribution in [0, 0.1) is 0 Å². The summed E-state index contributed by atoms with van der Waals surface area (Å²) in [6.07, 6.45) is 0. The van der Waals surface area contributed by atoms with Crippen LogP contribution in [0.15, 0.2) is 77.7 Å². The summed E-state index contributed by atoms with van der Waals surface area (Å²) in [6, 6.07) is 20.9. The van der Waals surface area contributed by atoms with Gasteiger partial charge in [0, 0.05) is 50.4 Å². The van der Waals surface area contributed by atoms with Crippen LogP contribution >= 0.6 is 11.6 Å². The predicted octanol–water partition coefficient (Wildman–Crippen LogP) is 3.82. The van der Waals surface area contributed by atoms with Crippen LogP contribution in [0.4, 0.5) is 11.4 Å². The average Bonchev–Trinajstić information content (AvgIpc) is 2.84. The molecule has 3 aromatic rings. The van der Waals surface area contributed by atoms with Gasteiger partial charge in [0.2, 0.25) is 0 Å². The second-order valence-electron chi connectivity index (χ2n) is 8.18. The van der Waals surface area contributed by atoms with E-state index in [0.29, 0.717) is 22.8 Å². The van der Waals surface area contributed by atoms with Crippen LogP contribution in [-0.2, 0) is 16.6 Å². The molecular formula is C25H27ClN4O3S. The van der Waals surface area contributed by atoms with E-state index >= 15 is 0 Å². The van der Waals surface area contributed by atoms with Gasteiger partial charge in [-0.15, -0.1) is 0 Å². The topological polar surface area (TPSA) is 81.8 Å². The van der Waals surface area contributed by atoms with Gasteiger partial charge in [-0.2, -0.15) is 0 Å². The van der Waals surface area contributed by atoms with E-state index in [-0.39, 0.29) is 10.8 Å². The molecule has 0 bridgehead atoms. The Labute approximate surface area is 205 Å². The molecular weight excluding hydrogens is 472 g/mol. The highest BCUT2D eigenvalue weighted by molar-refractivity contribution is 7.92. The lowest BCUT2D eigenvalue weighted by atomic mass is 10.1. The summed E-state index contributed by atoms with van der Waals surface area (Å²) in [5.41, 5.74) is 2.53. The van der Waals surface area contributed by atoms with Crippen LogP contribution in [-0.4, -0.2) is 52.5 Å². The molecule has 1 fully saturated rings. The summed E-state index contributed by atoms with van der Waals surface area (Å²) in [4.78, 5) is 17.0. The molecule has 9 heteroatoms. The van der Waals surface area contributed by atoms with Crippen molar-refractivity contribution in [2.45, 2.75) is 11.4 Å². The Hall–Kier alpha value is -3.07. The van der Waals surface area contributed by atoms with E-state index in [1.54, 1.807) is 24.1 Å². The molecule has 0 unspecified atom stereocenters. The van der Waals surface area contributed by atoms with E-state index in [9.17, 15) is 13.2 Å². The maximum absolute atomic E-state index is 13.2. The minimum atomic E-state index is -3.88. The van der Waals surface area contributed by atoms with Crippen molar-refractivity contribution in [3.63, 3.8) is 0 Å². The minimum absolute atomic E-state index is 0.0982. The quantitative estimate of drug-likeness (QED) is 0.517. The molecule has 1 heterocycles. The van der Waals surface area contributed by atoms with E-state index < -0.39 is 10.0 Å². The number of nitrogens with zero attached hydrogens (tertiary/aromatic N) is 2. The zero-order valence-electron chi connectivity index (χ0n) is 18.9. The molecule has 4 rings (SSSR count). The van der Waals surface area contributed by atoms with Crippen molar-refractivity contribution < 1.29 is 13.2 Å². The summed E-state index contributed by atoms with van der Waals surface area (Å²) >= 11 is 5.92. The third-order valence-corrected chi connectivity index (χ3v) is 7.31. The largest absolute Gasteiger partial charge is 0.367 e. The highest BCUT2D eigenvalue weighted by atomic mass is 35.5. The summed E-state index contributed by atoms with van der Waals surface area (Å²) in [7, 11) is -2.15. The predicted molar refractivity (Wildman–Crippen MR) is 136 cm³/mol. The number of hydrogen-bond donors (Lipinski definition) is 2. The lowest BCUT2D eigenvalue weighted by Gasteiger charge is -2.31. The van der Waals surface area contributed by atoms with Gasteiger partial charge in [-0.3, -0.25) is 9.52 Å². The van der Waals surface area contributed by atoms with Crippen LogP contribution in [0.25, 0.3) is 0 Å². The zero-order valence-corrected chi connectivity index (χ0v) is 20.4. The summed E-state index contributed by atoms with van der Waals surface area (Å²) in [5, 5.41) is 3.75. The first kappa shape index (κ1) is 24.1. The van der Waals surface area contributed by atoms with Crippen molar-refractivity contribution in [3.05, 3.63) is 88.9 Å². The van der Waals surface area contributed by atoms with Crippen LogP contribution in [0.5, 0.6) is 0 Å². The molecule has 0 aromatic heterocycles. The standard InChI is InChI=1S/C25H27ClN4O3S/c1-29(18-19-5-3-2-4-6-19)25(31)20-7-12-24(30-15-13-27-14-16-30)23(17-20)28-34(32,33)22-10-8-21(26)9-11-22/h2-12,17,27-28H,13-16,18H2,1H3. The maximum Gasteiger partial charge on any atom is 0.261 e. The number of rotatable bonds is 7. The minimum Gasteiger partial charge on any atom is -0.367 e. The smallest absolute Gasteiger partial charge is 0.261 e. The van der Waals surface area contributed by atoms with Crippen LogP contribution in [0.3, 0.4) is 0 Å². The van der Waals surface area contributed by atoms with Gasteiger partial charge in [-0.25, -0.2) is 8.42 Å².